The Morgan fingerprint density at radius 1 is 1.40 bits per heavy atom. The molecule has 0 aliphatic carbocycles. The lowest BCUT2D eigenvalue weighted by Gasteiger charge is -2.34. The number of benzene rings is 1. The molecule has 3 heterocycles. The van der Waals surface area contributed by atoms with Crippen LogP contribution >= 0.6 is 11.6 Å². The summed E-state index contributed by atoms with van der Waals surface area (Å²) in [7, 11) is 0. The number of nitrogens with zero attached hydrogens (tertiary/aromatic N) is 3. The second-order valence-electron chi connectivity index (χ2n) is 9.61. The Morgan fingerprint density at radius 3 is 2.80 bits per heavy atom. The third kappa shape index (κ3) is 4.79. The maximum absolute atomic E-state index is 15.4. The summed E-state index contributed by atoms with van der Waals surface area (Å²) in [6.07, 6.45) is 4.56. The van der Waals surface area contributed by atoms with Crippen molar-refractivity contribution < 1.29 is 18.7 Å². The minimum Gasteiger partial charge on any atom is -0.490 e. The Kier molecular flexibility index (Phi) is 6.92. The molecule has 1 aliphatic rings. The highest BCUT2D eigenvalue weighted by Crippen LogP contribution is 2.40. The summed E-state index contributed by atoms with van der Waals surface area (Å²) < 4.78 is 28.9. The first-order valence-electron chi connectivity index (χ1n) is 11.7. The molecule has 1 amide bonds. The van der Waals surface area contributed by atoms with Gasteiger partial charge in [-0.05, 0) is 46.6 Å². The van der Waals surface area contributed by atoms with Crippen LogP contribution in [0.5, 0.6) is 5.75 Å². The molecule has 3 N–H and O–H groups in total. The maximum Gasteiger partial charge on any atom is 0.258 e. The second-order valence-corrected chi connectivity index (χ2v) is 10.0. The minimum atomic E-state index is -0.825. The molecule has 2 aromatic heterocycles. The van der Waals surface area contributed by atoms with E-state index in [4.69, 9.17) is 31.8 Å². The van der Waals surface area contributed by atoms with Crippen molar-refractivity contribution in [2.24, 2.45) is 0 Å². The minimum absolute atomic E-state index is 0.142. The monoisotopic (exact) mass is 503 g/mol. The molecule has 3 aromatic rings. The van der Waals surface area contributed by atoms with Crippen molar-refractivity contribution in [3.8, 4) is 5.75 Å². The zero-order chi connectivity index (χ0) is 25.5. The molecule has 0 spiro atoms. The number of ether oxygens (including phenoxy) is 2. The average molecular weight is 504 g/mol. The van der Waals surface area contributed by atoms with E-state index in [1.165, 1.54) is 6.07 Å². The van der Waals surface area contributed by atoms with Crippen LogP contribution in [0.4, 0.5) is 10.2 Å². The predicted molar refractivity (Wildman–Crippen MR) is 133 cm³/mol. The molecule has 35 heavy (non-hydrogen) atoms. The number of fused-ring (bicyclic) bond motifs is 1. The van der Waals surface area contributed by atoms with Gasteiger partial charge in [0.25, 0.3) is 5.91 Å². The lowest BCUT2D eigenvalue weighted by Crippen LogP contribution is -2.51. The number of imidazole rings is 1. The number of hydrogen-bond acceptors (Lipinski definition) is 6. The van der Waals surface area contributed by atoms with Crippen LogP contribution in [-0.4, -0.2) is 45.1 Å². The van der Waals surface area contributed by atoms with Gasteiger partial charge < -0.3 is 20.5 Å². The molecular formula is C25H31ClFN5O3. The number of rotatable bonds is 6. The number of carbonyl (C=O) groups excluding carboxylic acids is 1. The van der Waals surface area contributed by atoms with Gasteiger partial charge in [0.2, 0.25) is 0 Å². The van der Waals surface area contributed by atoms with Gasteiger partial charge in [0, 0.05) is 30.5 Å². The quantitative estimate of drug-likeness (QED) is 0.507. The van der Waals surface area contributed by atoms with Crippen LogP contribution in [0.2, 0.25) is 5.02 Å². The van der Waals surface area contributed by atoms with Crippen LogP contribution in [0, 0.1) is 12.7 Å². The SMILES string of the molecule is Cc1nc([C@@H](C)c2cc(Cl)c(F)c(C(=O)N[C@]3(C)CCCOC3)c2OC(C)C)n2ccnc(N)c12. The third-order valence-electron chi connectivity index (χ3n) is 6.27. The van der Waals surface area contributed by atoms with E-state index in [9.17, 15) is 4.79 Å². The lowest BCUT2D eigenvalue weighted by molar-refractivity contribution is 0.0270. The molecule has 1 aliphatic heterocycles. The summed E-state index contributed by atoms with van der Waals surface area (Å²) in [6, 6.07) is 1.50. The lowest BCUT2D eigenvalue weighted by atomic mass is 9.92. The van der Waals surface area contributed by atoms with Gasteiger partial charge in [-0.2, -0.15) is 0 Å². The molecule has 1 aromatic carbocycles. The number of hydrogen-bond donors (Lipinski definition) is 2. The maximum atomic E-state index is 15.4. The number of amides is 1. The Labute approximate surface area is 209 Å². The van der Waals surface area contributed by atoms with Crippen molar-refractivity contribution in [3.05, 3.63) is 51.9 Å². The fraction of sp³-hybridized carbons (Fsp3) is 0.480. The third-order valence-corrected chi connectivity index (χ3v) is 6.55. The zero-order valence-corrected chi connectivity index (χ0v) is 21.4. The number of nitrogens with two attached hydrogens (primary N) is 1. The van der Waals surface area contributed by atoms with Crippen molar-refractivity contribution in [2.75, 3.05) is 18.9 Å². The van der Waals surface area contributed by atoms with Gasteiger partial charge in [-0.3, -0.25) is 9.20 Å². The van der Waals surface area contributed by atoms with Crippen LogP contribution in [-0.2, 0) is 4.74 Å². The number of aromatic nitrogens is 3. The van der Waals surface area contributed by atoms with Crippen LogP contribution in [0.15, 0.2) is 18.5 Å². The molecular weight excluding hydrogens is 473 g/mol. The van der Waals surface area contributed by atoms with Crippen molar-refractivity contribution >= 4 is 28.8 Å². The highest BCUT2D eigenvalue weighted by atomic mass is 35.5. The predicted octanol–water partition coefficient (Wildman–Crippen LogP) is 4.65. The number of aryl methyl sites for hydroxylation is 1. The van der Waals surface area contributed by atoms with E-state index < -0.39 is 23.2 Å². The summed E-state index contributed by atoms with van der Waals surface area (Å²) in [5.41, 5.74) is 7.19. The van der Waals surface area contributed by atoms with E-state index >= 15 is 4.39 Å². The van der Waals surface area contributed by atoms with Crippen molar-refractivity contribution in [1.29, 1.82) is 0 Å². The van der Waals surface area contributed by atoms with E-state index in [1.807, 2.05) is 39.0 Å². The molecule has 0 radical (unpaired) electrons. The first-order chi connectivity index (χ1) is 16.5. The van der Waals surface area contributed by atoms with E-state index in [0.29, 0.717) is 41.6 Å². The zero-order valence-electron chi connectivity index (χ0n) is 20.6. The molecule has 0 unspecified atom stereocenters. The Morgan fingerprint density at radius 2 is 2.14 bits per heavy atom. The summed E-state index contributed by atoms with van der Waals surface area (Å²) in [5.74, 6) is -0.696. The molecule has 0 bridgehead atoms. The summed E-state index contributed by atoms with van der Waals surface area (Å²) in [5, 5.41) is 2.78. The molecule has 1 saturated heterocycles. The Hall–Kier alpha value is -2.91. The normalized spacial score (nSPS) is 19.2. The van der Waals surface area contributed by atoms with Crippen LogP contribution in [0.3, 0.4) is 0 Å². The molecule has 8 nitrogen and oxygen atoms in total. The largest absolute Gasteiger partial charge is 0.490 e. The average Bonchev–Trinajstić information content (AvgIpc) is 3.13. The van der Waals surface area contributed by atoms with Gasteiger partial charge >= 0.3 is 0 Å². The van der Waals surface area contributed by atoms with Gasteiger partial charge in [0.05, 0.1) is 29.0 Å². The Bertz CT molecular complexity index is 1270. The van der Waals surface area contributed by atoms with Crippen LogP contribution in [0.25, 0.3) is 5.52 Å². The van der Waals surface area contributed by atoms with Crippen molar-refractivity contribution in [1.82, 2.24) is 19.7 Å². The fourth-order valence-corrected chi connectivity index (χ4v) is 4.81. The first-order valence-corrected chi connectivity index (χ1v) is 12.1. The molecule has 1 fully saturated rings. The van der Waals surface area contributed by atoms with Gasteiger partial charge in [-0.1, -0.05) is 18.5 Å². The van der Waals surface area contributed by atoms with Crippen LogP contribution in [0.1, 0.15) is 73.9 Å². The van der Waals surface area contributed by atoms with Crippen LogP contribution < -0.4 is 15.8 Å². The molecule has 0 saturated carbocycles. The summed E-state index contributed by atoms with van der Waals surface area (Å²) in [6.45, 7) is 10.3. The second kappa shape index (κ2) is 9.62. The fourth-order valence-electron chi connectivity index (χ4n) is 4.60. The Balaban J connectivity index is 1.86. The summed E-state index contributed by atoms with van der Waals surface area (Å²) in [4.78, 5) is 22.3. The standard InChI is InChI=1S/C25H31ClFN5O3/c1-13(2)35-21-16(14(3)23-30-15(4)20-22(28)29-8-9-32(20)23)11-17(26)19(27)18(21)24(33)31-25(5)7-6-10-34-12-25/h8-9,11,13-14H,6-7,10,12H2,1-5H3,(H2,28,29)(H,31,33)/t14-,25+/m0/s1. The smallest absolute Gasteiger partial charge is 0.258 e. The van der Waals surface area contributed by atoms with Gasteiger partial charge in [-0.25, -0.2) is 14.4 Å². The topological polar surface area (TPSA) is 104 Å². The van der Waals surface area contributed by atoms with E-state index in [2.05, 4.69) is 10.3 Å². The molecule has 4 rings (SSSR count). The van der Waals surface area contributed by atoms with Gasteiger partial charge in [-0.15, -0.1) is 0 Å². The summed E-state index contributed by atoms with van der Waals surface area (Å²) >= 11 is 6.34. The van der Waals surface area contributed by atoms with E-state index in [-0.39, 0.29) is 22.4 Å². The van der Waals surface area contributed by atoms with E-state index in [0.717, 1.165) is 12.8 Å². The number of anilines is 1. The highest BCUT2D eigenvalue weighted by molar-refractivity contribution is 6.31. The van der Waals surface area contributed by atoms with Gasteiger partial charge in [0.15, 0.2) is 5.82 Å². The van der Waals surface area contributed by atoms with E-state index in [1.54, 1.807) is 12.4 Å². The first kappa shape index (κ1) is 25.2. The van der Waals surface area contributed by atoms with Crippen molar-refractivity contribution in [2.45, 2.75) is 65.0 Å². The molecule has 188 valence electrons. The number of nitrogen functional groups attached to an aromatic ring is 1. The molecule has 10 heteroatoms. The highest BCUT2D eigenvalue weighted by Gasteiger charge is 2.34. The molecule has 2 atom stereocenters. The number of carbonyl (C=O) groups is 1. The number of halogens is 2. The van der Waals surface area contributed by atoms with Gasteiger partial charge in [0.1, 0.15) is 28.5 Å². The number of nitrogens with one attached hydrogen (secondary N) is 1. The van der Waals surface area contributed by atoms with Crippen molar-refractivity contribution in [3.63, 3.8) is 0 Å².